The number of nitrogens with zero attached hydrogens (tertiary/aromatic N) is 1. The monoisotopic (exact) mass is 240 g/mol. The van der Waals surface area contributed by atoms with E-state index in [1.165, 1.54) is 12.8 Å². The van der Waals surface area contributed by atoms with Gasteiger partial charge in [-0.05, 0) is 32.2 Å². The number of hydrogen-bond acceptors (Lipinski definition) is 2. The van der Waals surface area contributed by atoms with Gasteiger partial charge in [-0.15, -0.1) is 0 Å². The summed E-state index contributed by atoms with van der Waals surface area (Å²) in [5.41, 5.74) is 0. The minimum Gasteiger partial charge on any atom is -0.341 e. The molecule has 100 valence electrons. The van der Waals surface area contributed by atoms with Crippen molar-refractivity contribution in [3.05, 3.63) is 0 Å². The Morgan fingerprint density at radius 1 is 1.29 bits per heavy atom. The zero-order valence-corrected chi connectivity index (χ0v) is 11.8. The van der Waals surface area contributed by atoms with E-state index in [4.69, 9.17) is 0 Å². The van der Waals surface area contributed by atoms with Gasteiger partial charge in [0.05, 0.1) is 0 Å². The topological polar surface area (TPSA) is 32.3 Å². The molecular formula is C14H28N2O. The molecule has 1 amide bonds. The first kappa shape index (κ1) is 14.5. The van der Waals surface area contributed by atoms with Crippen LogP contribution in [0.4, 0.5) is 0 Å². The van der Waals surface area contributed by atoms with Crippen molar-refractivity contribution in [3.8, 4) is 0 Å². The molecule has 3 nitrogen and oxygen atoms in total. The predicted molar refractivity (Wildman–Crippen MR) is 71.9 cm³/mol. The Labute approximate surface area is 106 Å². The molecule has 0 radical (unpaired) electrons. The second kappa shape index (κ2) is 7.00. The van der Waals surface area contributed by atoms with Crippen molar-refractivity contribution in [3.63, 3.8) is 0 Å². The minimum atomic E-state index is 0.225. The highest BCUT2D eigenvalue weighted by molar-refractivity contribution is 5.78. The summed E-state index contributed by atoms with van der Waals surface area (Å²) in [6.45, 7) is 8.31. The van der Waals surface area contributed by atoms with E-state index in [9.17, 15) is 4.79 Å². The molecule has 0 aromatic carbocycles. The SMILES string of the molecule is CCC1CC(NC)CN(C(=O)C(CC)CC)C1. The predicted octanol–water partition coefficient (Wildman–Crippen LogP) is 2.27. The molecule has 1 aliphatic heterocycles. The second-order valence-electron chi connectivity index (χ2n) is 5.25. The number of hydrogen-bond donors (Lipinski definition) is 1. The van der Waals surface area contributed by atoms with E-state index in [0.717, 1.165) is 25.9 Å². The Morgan fingerprint density at radius 2 is 1.94 bits per heavy atom. The fourth-order valence-electron chi connectivity index (χ4n) is 2.78. The maximum absolute atomic E-state index is 12.4. The quantitative estimate of drug-likeness (QED) is 0.799. The van der Waals surface area contributed by atoms with Gasteiger partial charge in [-0.25, -0.2) is 0 Å². The molecule has 0 aromatic heterocycles. The highest BCUT2D eigenvalue weighted by Crippen LogP contribution is 2.22. The lowest BCUT2D eigenvalue weighted by atomic mass is 9.90. The lowest BCUT2D eigenvalue weighted by molar-refractivity contribution is -0.138. The zero-order valence-electron chi connectivity index (χ0n) is 11.8. The van der Waals surface area contributed by atoms with Crippen molar-refractivity contribution < 1.29 is 4.79 Å². The van der Waals surface area contributed by atoms with E-state index < -0.39 is 0 Å². The molecule has 1 aliphatic rings. The Hall–Kier alpha value is -0.570. The van der Waals surface area contributed by atoms with Crippen LogP contribution in [0.2, 0.25) is 0 Å². The molecule has 1 heterocycles. The maximum Gasteiger partial charge on any atom is 0.225 e. The van der Waals surface area contributed by atoms with Gasteiger partial charge < -0.3 is 10.2 Å². The number of carbonyl (C=O) groups is 1. The third-order valence-corrected chi connectivity index (χ3v) is 4.17. The van der Waals surface area contributed by atoms with Crippen LogP contribution in [0.15, 0.2) is 0 Å². The van der Waals surface area contributed by atoms with Crippen LogP contribution in [0.5, 0.6) is 0 Å². The van der Waals surface area contributed by atoms with Crippen LogP contribution in [0.1, 0.15) is 46.5 Å². The van der Waals surface area contributed by atoms with Crippen molar-refractivity contribution in [2.24, 2.45) is 11.8 Å². The molecule has 2 atom stereocenters. The first-order valence-electron chi connectivity index (χ1n) is 7.12. The molecule has 1 rings (SSSR count). The molecule has 0 saturated carbocycles. The van der Waals surface area contributed by atoms with Gasteiger partial charge >= 0.3 is 0 Å². The van der Waals surface area contributed by atoms with Crippen LogP contribution in [-0.4, -0.2) is 37.0 Å². The first-order valence-corrected chi connectivity index (χ1v) is 7.12. The minimum absolute atomic E-state index is 0.225. The van der Waals surface area contributed by atoms with Gasteiger partial charge in [0.25, 0.3) is 0 Å². The van der Waals surface area contributed by atoms with Crippen molar-refractivity contribution in [1.82, 2.24) is 10.2 Å². The number of carbonyl (C=O) groups excluding carboxylic acids is 1. The van der Waals surface area contributed by atoms with Gasteiger partial charge in [0, 0.05) is 25.0 Å². The van der Waals surface area contributed by atoms with E-state index >= 15 is 0 Å². The van der Waals surface area contributed by atoms with Gasteiger partial charge in [0.15, 0.2) is 0 Å². The maximum atomic E-state index is 12.4. The molecule has 2 unspecified atom stereocenters. The van der Waals surface area contributed by atoms with Crippen LogP contribution in [0, 0.1) is 11.8 Å². The molecular weight excluding hydrogens is 212 g/mol. The molecule has 17 heavy (non-hydrogen) atoms. The number of piperidine rings is 1. The largest absolute Gasteiger partial charge is 0.341 e. The summed E-state index contributed by atoms with van der Waals surface area (Å²) in [5.74, 6) is 1.26. The van der Waals surface area contributed by atoms with E-state index in [1.54, 1.807) is 0 Å². The van der Waals surface area contributed by atoms with Gasteiger partial charge in [-0.3, -0.25) is 4.79 Å². The lowest BCUT2D eigenvalue weighted by Gasteiger charge is -2.39. The Bertz CT molecular complexity index is 226. The van der Waals surface area contributed by atoms with Crippen molar-refractivity contribution in [2.45, 2.75) is 52.5 Å². The Morgan fingerprint density at radius 3 is 2.41 bits per heavy atom. The summed E-state index contributed by atoms with van der Waals surface area (Å²) in [4.78, 5) is 14.5. The van der Waals surface area contributed by atoms with Gasteiger partial charge in [0.1, 0.15) is 0 Å². The van der Waals surface area contributed by atoms with E-state index in [0.29, 0.717) is 17.9 Å². The summed E-state index contributed by atoms with van der Waals surface area (Å²) in [7, 11) is 2.00. The zero-order chi connectivity index (χ0) is 12.8. The number of likely N-dealkylation sites (N-methyl/N-ethyl adjacent to an activating group) is 1. The van der Waals surface area contributed by atoms with E-state index in [1.807, 2.05) is 7.05 Å². The van der Waals surface area contributed by atoms with Gasteiger partial charge in [0.2, 0.25) is 5.91 Å². The molecule has 1 fully saturated rings. The number of likely N-dealkylation sites (tertiary alicyclic amines) is 1. The normalized spacial score (nSPS) is 25.4. The molecule has 0 aliphatic carbocycles. The summed E-state index contributed by atoms with van der Waals surface area (Å²) in [6.07, 6.45) is 4.31. The highest BCUT2D eigenvalue weighted by Gasteiger charge is 2.30. The fourth-order valence-corrected chi connectivity index (χ4v) is 2.78. The third-order valence-electron chi connectivity index (χ3n) is 4.17. The second-order valence-corrected chi connectivity index (χ2v) is 5.25. The van der Waals surface area contributed by atoms with Crippen LogP contribution in [-0.2, 0) is 4.79 Å². The average molecular weight is 240 g/mol. The summed E-state index contributed by atoms with van der Waals surface area (Å²) in [5, 5.41) is 3.33. The number of rotatable bonds is 5. The fraction of sp³-hybridized carbons (Fsp3) is 0.929. The summed E-state index contributed by atoms with van der Waals surface area (Å²) in [6, 6.07) is 0.479. The van der Waals surface area contributed by atoms with Crippen LogP contribution in [0.3, 0.4) is 0 Å². The standard InChI is InChI=1S/C14H28N2O/c1-5-11-8-13(15-4)10-16(9-11)14(17)12(6-2)7-3/h11-13,15H,5-10H2,1-4H3. The highest BCUT2D eigenvalue weighted by atomic mass is 16.2. The van der Waals surface area contributed by atoms with Crippen molar-refractivity contribution in [1.29, 1.82) is 0 Å². The molecule has 0 spiro atoms. The van der Waals surface area contributed by atoms with Gasteiger partial charge in [-0.1, -0.05) is 27.2 Å². The first-order chi connectivity index (χ1) is 8.15. The van der Waals surface area contributed by atoms with Crippen molar-refractivity contribution in [2.75, 3.05) is 20.1 Å². The third kappa shape index (κ3) is 3.70. The molecule has 1 N–H and O–H groups in total. The summed E-state index contributed by atoms with van der Waals surface area (Å²) >= 11 is 0. The molecule has 0 bridgehead atoms. The van der Waals surface area contributed by atoms with Crippen LogP contribution < -0.4 is 5.32 Å². The molecule has 3 heteroatoms. The van der Waals surface area contributed by atoms with Crippen LogP contribution >= 0.6 is 0 Å². The number of amides is 1. The Balaban J connectivity index is 2.65. The summed E-state index contributed by atoms with van der Waals surface area (Å²) < 4.78 is 0. The average Bonchev–Trinajstić information content (AvgIpc) is 2.39. The van der Waals surface area contributed by atoms with Gasteiger partial charge in [-0.2, -0.15) is 0 Å². The van der Waals surface area contributed by atoms with Crippen LogP contribution in [0.25, 0.3) is 0 Å². The van der Waals surface area contributed by atoms with Crippen molar-refractivity contribution >= 4 is 5.91 Å². The molecule has 1 saturated heterocycles. The van der Waals surface area contributed by atoms with E-state index in [2.05, 4.69) is 31.0 Å². The smallest absolute Gasteiger partial charge is 0.225 e. The molecule has 0 aromatic rings. The number of nitrogens with one attached hydrogen (secondary N) is 1. The Kier molecular flexibility index (Phi) is 5.96. The van der Waals surface area contributed by atoms with E-state index in [-0.39, 0.29) is 5.92 Å². The lowest BCUT2D eigenvalue weighted by Crippen LogP contribution is -2.51.